The topological polar surface area (TPSA) is 50.4 Å². The van der Waals surface area contributed by atoms with E-state index in [1.165, 1.54) is 13.2 Å². The molecular formula is C17H15ClN2O2S. The van der Waals surface area contributed by atoms with Crippen molar-refractivity contribution in [2.24, 2.45) is 0 Å². The minimum atomic E-state index is -0.314. The van der Waals surface area contributed by atoms with Crippen molar-refractivity contribution in [3.05, 3.63) is 65.2 Å². The average molecular weight is 347 g/mol. The van der Waals surface area contributed by atoms with Crippen molar-refractivity contribution in [2.45, 2.75) is 0 Å². The maximum atomic E-state index is 11.8. The molecule has 23 heavy (non-hydrogen) atoms. The van der Waals surface area contributed by atoms with Crippen LogP contribution in [0.4, 0.5) is 5.69 Å². The summed E-state index contributed by atoms with van der Waals surface area (Å²) < 4.78 is 5.07. The lowest BCUT2D eigenvalue weighted by Gasteiger charge is -2.10. The maximum Gasteiger partial charge on any atom is 0.250 e. The number of anilines is 1. The van der Waals surface area contributed by atoms with Gasteiger partial charge in [0.25, 0.3) is 0 Å². The summed E-state index contributed by atoms with van der Waals surface area (Å²) in [6, 6.07) is 14.6. The van der Waals surface area contributed by atoms with Crippen molar-refractivity contribution in [1.29, 1.82) is 0 Å². The smallest absolute Gasteiger partial charge is 0.250 e. The number of methoxy groups -OCH3 is 1. The second-order valence-electron chi connectivity index (χ2n) is 4.54. The van der Waals surface area contributed by atoms with Crippen LogP contribution < -0.4 is 15.4 Å². The summed E-state index contributed by atoms with van der Waals surface area (Å²) >= 11 is 11.1. The van der Waals surface area contributed by atoms with Gasteiger partial charge >= 0.3 is 0 Å². The molecule has 0 fully saturated rings. The number of rotatable bonds is 4. The summed E-state index contributed by atoms with van der Waals surface area (Å²) in [5, 5.41) is 6.10. The minimum absolute atomic E-state index is 0.189. The van der Waals surface area contributed by atoms with Gasteiger partial charge in [-0.1, -0.05) is 41.9 Å². The van der Waals surface area contributed by atoms with Crippen LogP contribution in [0.5, 0.6) is 5.75 Å². The van der Waals surface area contributed by atoms with Gasteiger partial charge in [-0.15, -0.1) is 0 Å². The molecular weight excluding hydrogens is 332 g/mol. The zero-order chi connectivity index (χ0) is 16.7. The van der Waals surface area contributed by atoms with Crippen LogP contribution in [0.25, 0.3) is 6.08 Å². The number of nitrogens with one attached hydrogen (secondary N) is 2. The van der Waals surface area contributed by atoms with Crippen molar-refractivity contribution in [1.82, 2.24) is 5.32 Å². The lowest BCUT2D eigenvalue weighted by Crippen LogP contribution is -2.32. The molecule has 6 heteroatoms. The van der Waals surface area contributed by atoms with E-state index in [9.17, 15) is 4.79 Å². The molecule has 1 amide bonds. The van der Waals surface area contributed by atoms with Crippen molar-refractivity contribution < 1.29 is 9.53 Å². The molecule has 2 aromatic carbocycles. The van der Waals surface area contributed by atoms with Crippen LogP contribution in [0.3, 0.4) is 0 Å². The Kier molecular flexibility index (Phi) is 6.14. The van der Waals surface area contributed by atoms with Gasteiger partial charge < -0.3 is 10.1 Å². The Morgan fingerprint density at radius 1 is 1.22 bits per heavy atom. The second-order valence-corrected chi connectivity index (χ2v) is 5.35. The van der Waals surface area contributed by atoms with Crippen LogP contribution >= 0.6 is 23.8 Å². The maximum absolute atomic E-state index is 11.8. The average Bonchev–Trinajstić information content (AvgIpc) is 2.54. The molecule has 2 N–H and O–H groups in total. The van der Waals surface area contributed by atoms with Crippen LogP contribution in [-0.4, -0.2) is 18.1 Å². The molecule has 2 rings (SSSR count). The highest BCUT2D eigenvalue weighted by atomic mass is 35.5. The predicted molar refractivity (Wildman–Crippen MR) is 97.8 cm³/mol. The first-order valence-corrected chi connectivity index (χ1v) is 7.56. The number of benzene rings is 2. The third kappa shape index (κ3) is 5.39. The molecule has 0 radical (unpaired) electrons. The first-order valence-electron chi connectivity index (χ1n) is 6.77. The Morgan fingerprint density at radius 2 is 1.96 bits per heavy atom. The summed E-state index contributed by atoms with van der Waals surface area (Å²) in [6.45, 7) is 0. The fraction of sp³-hybridized carbons (Fsp3) is 0.0588. The highest BCUT2D eigenvalue weighted by molar-refractivity contribution is 7.80. The van der Waals surface area contributed by atoms with E-state index in [2.05, 4.69) is 10.6 Å². The van der Waals surface area contributed by atoms with Gasteiger partial charge in [0.1, 0.15) is 5.75 Å². The van der Waals surface area contributed by atoms with E-state index in [-0.39, 0.29) is 11.0 Å². The van der Waals surface area contributed by atoms with Crippen LogP contribution in [0.15, 0.2) is 54.6 Å². The van der Waals surface area contributed by atoms with E-state index in [1.54, 1.807) is 24.3 Å². The number of carbonyl (C=O) groups excluding carboxylic acids is 1. The largest absolute Gasteiger partial charge is 0.495 e. The molecule has 0 aromatic heterocycles. The molecule has 0 bridgehead atoms. The highest BCUT2D eigenvalue weighted by Gasteiger charge is 2.05. The number of carbonyl (C=O) groups is 1. The lowest BCUT2D eigenvalue weighted by atomic mass is 10.2. The van der Waals surface area contributed by atoms with E-state index in [4.69, 9.17) is 28.6 Å². The van der Waals surface area contributed by atoms with E-state index < -0.39 is 0 Å². The van der Waals surface area contributed by atoms with Crippen molar-refractivity contribution in [2.75, 3.05) is 12.4 Å². The minimum Gasteiger partial charge on any atom is -0.495 e. The Bertz CT molecular complexity index is 733. The number of amides is 1. The summed E-state index contributed by atoms with van der Waals surface area (Å²) in [5.41, 5.74) is 1.59. The Labute approximate surface area is 145 Å². The molecule has 0 aliphatic carbocycles. The summed E-state index contributed by atoms with van der Waals surface area (Å²) in [6.07, 6.45) is 3.13. The third-order valence-electron chi connectivity index (χ3n) is 2.87. The zero-order valence-corrected chi connectivity index (χ0v) is 13.9. The molecule has 118 valence electrons. The zero-order valence-electron chi connectivity index (χ0n) is 12.4. The molecule has 0 unspecified atom stereocenters. The number of hydrogen-bond donors (Lipinski definition) is 2. The quantitative estimate of drug-likeness (QED) is 0.651. The Hall–Kier alpha value is -2.37. The van der Waals surface area contributed by atoms with Crippen molar-refractivity contribution in [3.63, 3.8) is 0 Å². The fourth-order valence-corrected chi connectivity index (χ4v) is 2.27. The van der Waals surface area contributed by atoms with Gasteiger partial charge in [0, 0.05) is 11.8 Å². The van der Waals surface area contributed by atoms with Gasteiger partial charge in [0.05, 0.1) is 12.1 Å². The van der Waals surface area contributed by atoms with Gasteiger partial charge in [-0.05, 0) is 42.1 Å². The van der Waals surface area contributed by atoms with Gasteiger partial charge in [-0.3, -0.25) is 10.1 Å². The van der Waals surface area contributed by atoms with Crippen LogP contribution in [0.1, 0.15) is 5.56 Å². The number of thiocarbonyl (C=S) groups is 1. The van der Waals surface area contributed by atoms with E-state index >= 15 is 0 Å². The molecule has 0 saturated heterocycles. The Morgan fingerprint density at radius 3 is 2.61 bits per heavy atom. The van der Waals surface area contributed by atoms with E-state index in [0.717, 1.165) is 5.56 Å². The SMILES string of the molecule is COc1ccc(NC(=S)NC(=O)C=Cc2ccccc2)cc1Cl. The standard InChI is InChI=1S/C17H15ClN2O2S/c1-22-15-9-8-13(11-14(15)18)19-17(23)20-16(21)10-7-12-5-3-2-4-6-12/h2-11H,1H3,(H2,19,20,21,23). The fourth-order valence-electron chi connectivity index (χ4n) is 1.80. The molecule has 0 spiro atoms. The number of ether oxygens (including phenoxy) is 1. The Balaban J connectivity index is 1.90. The molecule has 2 aromatic rings. The first-order chi connectivity index (χ1) is 11.1. The molecule has 0 aliphatic rings. The normalized spacial score (nSPS) is 10.3. The molecule has 4 nitrogen and oxygen atoms in total. The molecule has 0 heterocycles. The van der Waals surface area contributed by atoms with Crippen molar-refractivity contribution in [3.8, 4) is 5.75 Å². The van der Waals surface area contributed by atoms with Gasteiger partial charge in [-0.2, -0.15) is 0 Å². The predicted octanol–water partition coefficient (Wildman–Crippen LogP) is 3.88. The number of hydrogen-bond acceptors (Lipinski definition) is 3. The van der Waals surface area contributed by atoms with Gasteiger partial charge in [-0.25, -0.2) is 0 Å². The van der Waals surface area contributed by atoms with Gasteiger partial charge in [0.2, 0.25) is 5.91 Å². The van der Waals surface area contributed by atoms with Crippen molar-refractivity contribution >= 4 is 46.6 Å². The lowest BCUT2D eigenvalue weighted by molar-refractivity contribution is -0.115. The summed E-state index contributed by atoms with van der Waals surface area (Å²) in [5.74, 6) is 0.254. The second kappa shape index (κ2) is 8.31. The van der Waals surface area contributed by atoms with E-state index in [0.29, 0.717) is 16.5 Å². The summed E-state index contributed by atoms with van der Waals surface area (Å²) in [4.78, 5) is 11.8. The van der Waals surface area contributed by atoms with E-state index in [1.807, 2.05) is 30.3 Å². The molecule has 0 saturated carbocycles. The third-order valence-corrected chi connectivity index (χ3v) is 3.37. The molecule has 0 atom stereocenters. The van der Waals surface area contributed by atoms with Crippen LogP contribution in [0, 0.1) is 0 Å². The summed E-state index contributed by atoms with van der Waals surface area (Å²) in [7, 11) is 1.54. The number of halogens is 1. The van der Waals surface area contributed by atoms with Crippen LogP contribution in [-0.2, 0) is 4.79 Å². The van der Waals surface area contributed by atoms with Crippen LogP contribution in [0.2, 0.25) is 5.02 Å². The monoisotopic (exact) mass is 346 g/mol. The van der Waals surface area contributed by atoms with Gasteiger partial charge in [0.15, 0.2) is 5.11 Å². The molecule has 0 aliphatic heterocycles. The first kappa shape index (κ1) is 17.0. The highest BCUT2D eigenvalue weighted by Crippen LogP contribution is 2.27.